The molecule has 6 heteroatoms. The molecule has 2 saturated heterocycles. The molecule has 108 valence electrons. The summed E-state index contributed by atoms with van der Waals surface area (Å²) in [6.45, 7) is 5.42. The van der Waals surface area contributed by atoms with Gasteiger partial charge in [-0.25, -0.2) is 4.39 Å². The minimum absolute atomic E-state index is 0.0166. The molecule has 4 nitrogen and oxygen atoms in total. The van der Waals surface area contributed by atoms with Crippen LogP contribution in [0.15, 0.2) is 22.7 Å². The number of hydrogen-bond acceptors (Lipinski definition) is 3. The Morgan fingerprint density at radius 3 is 2.50 bits per heavy atom. The number of carbonyl (C=O) groups excluding carboxylic acids is 1. The van der Waals surface area contributed by atoms with E-state index in [1.165, 1.54) is 6.07 Å². The summed E-state index contributed by atoms with van der Waals surface area (Å²) in [5, 5.41) is 3.27. The van der Waals surface area contributed by atoms with Gasteiger partial charge in [-0.15, -0.1) is 0 Å². The van der Waals surface area contributed by atoms with Gasteiger partial charge in [0.1, 0.15) is 5.82 Å². The SMILES string of the molecule is O=C(c1ccc(F)c(Br)c1)N1CCN(C2CNC2)CC1. The van der Waals surface area contributed by atoms with E-state index in [0.29, 0.717) is 16.1 Å². The van der Waals surface area contributed by atoms with Crippen molar-refractivity contribution in [3.63, 3.8) is 0 Å². The second kappa shape index (κ2) is 5.79. The molecule has 2 fully saturated rings. The van der Waals surface area contributed by atoms with E-state index in [2.05, 4.69) is 26.1 Å². The molecule has 0 aromatic heterocycles. The van der Waals surface area contributed by atoms with Gasteiger partial charge in [0.25, 0.3) is 5.91 Å². The Morgan fingerprint density at radius 2 is 1.95 bits per heavy atom. The molecule has 1 aromatic carbocycles. The van der Waals surface area contributed by atoms with Crippen LogP contribution in [-0.2, 0) is 0 Å². The molecule has 0 bridgehead atoms. The van der Waals surface area contributed by atoms with E-state index < -0.39 is 0 Å². The Kier molecular flexibility index (Phi) is 4.05. The third-order valence-corrected chi connectivity index (χ3v) is 4.65. The highest BCUT2D eigenvalue weighted by Gasteiger charge is 2.29. The van der Waals surface area contributed by atoms with Crippen molar-refractivity contribution in [2.24, 2.45) is 0 Å². The first-order chi connectivity index (χ1) is 9.65. The highest BCUT2D eigenvalue weighted by atomic mass is 79.9. The van der Waals surface area contributed by atoms with Gasteiger partial charge in [0, 0.05) is 50.9 Å². The molecule has 0 spiro atoms. The van der Waals surface area contributed by atoms with Crippen LogP contribution in [-0.4, -0.2) is 61.0 Å². The second-order valence-electron chi connectivity index (χ2n) is 5.27. The van der Waals surface area contributed by atoms with Gasteiger partial charge in [-0.2, -0.15) is 0 Å². The van der Waals surface area contributed by atoms with Crippen LogP contribution in [0.5, 0.6) is 0 Å². The van der Waals surface area contributed by atoms with Gasteiger partial charge in [-0.1, -0.05) is 0 Å². The van der Waals surface area contributed by atoms with Crippen molar-refractivity contribution in [2.45, 2.75) is 6.04 Å². The summed E-state index contributed by atoms with van der Waals surface area (Å²) < 4.78 is 13.5. The highest BCUT2D eigenvalue weighted by Crippen LogP contribution is 2.19. The van der Waals surface area contributed by atoms with Crippen LogP contribution in [0.1, 0.15) is 10.4 Å². The topological polar surface area (TPSA) is 35.6 Å². The Labute approximate surface area is 126 Å². The van der Waals surface area contributed by atoms with E-state index in [-0.39, 0.29) is 11.7 Å². The van der Waals surface area contributed by atoms with Crippen molar-refractivity contribution in [3.05, 3.63) is 34.1 Å². The molecule has 2 aliphatic heterocycles. The maximum Gasteiger partial charge on any atom is 0.253 e. The molecule has 2 aliphatic rings. The minimum atomic E-state index is -0.344. The van der Waals surface area contributed by atoms with Crippen LogP contribution < -0.4 is 5.32 Å². The number of nitrogens with one attached hydrogen (secondary N) is 1. The first kappa shape index (κ1) is 14.0. The fourth-order valence-corrected chi connectivity index (χ4v) is 3.01. The molecule has 1 amide bonds. The molecule has 20 heavy (non-hydrogen) atoms. The molecule has 0 unspecified atom stereocenters. The lowest BCUT2D eigenvalue weighted by Gasteiger charge is -2.43. The van der Waals surface area contributed by atoms with Crippen LogP contribution in [0.4, 0.5) is 4.39 Å². The third kappa shape index (κ3) is 2.73. The van der Waals surface area contributed by atoms with Crippen LogP contribution >= 0.6 is 15.9 Å². The molecular weight excluding hydrogens is 325 g/mol. The lowest BCUT2D eigenvalue weighted by Crippen LogP contribution is -2.62. The summed E-state index contributed by atoms with van der Waals surface area (Å²) in [5.41, 5.74) is 0.539. The molecule has 1 aromatic rings. The molecular formula is C14H17BrFN3O. The second-order valence-corrected chi connectivity index (χ2v) is 6.12. The fourth-order valence-electron chi connectivity index (χ4n) is 2.63. The molecule has 0 saturated carbocycles. The predicted octanol–water partition coefficient (Wildman–Crippen LogP) is 1.32. The number of halogens is 2. The summed E-state index contributed by atoms with van der Waals surface area (Å²) in [6.07, 6.45) is 0. The number of hydrogen-bond donors (Lipinski definition) is 1. The zero-order valence-corrected chi connectivity index (χ0v) is 12.7. The molecule has 0 aliphatic carbocycles. The lowest BCUT2D eigenvalue weighted by molar-refractivity contribution is 0.0502. The van der Waals surface area contributed by atoms with E-state index in [0.717, 1.165) is 39.3 Å². The number of amides is 1. The zero-order chi connectivity index (χ0) is 14.1. The van der Waals surface area contributed by atoms with Crippen molar-refractivity contribution in [3.8, 4) is 0 Å². The highest BCUT2D eigenvalue weighted by molar-refractivity contribution is 9.10. The Balaban J connectivity index is 1.62. The number of piperazine rings is 1. The molecule has 2 heterocycles. The summed E-state index contributed by atoms with van der Waals surface area (Å²) >= 11 is 3.12. The van der Waals surface area contributed by atoms with Gasteiger partial charge < -0.3 is 10.2 Å². The van der Waals surface area contributed by atoms with Crippen molar-refractivity contribution < 1.29 is 9.18 Å². The minimum Gasteiger partial charge on any atom is -0.336 e. The fraction of sp³-hybridized carbons (Fsp3) is 0.500. The summed E-state index contributed by atoms with van der Waals surface area (Å²) in [6, 6.07) is 5.06. The summed E-state index contributed by atoms with van der Waals surface area (Å²) in [7, 11) is 0. The van der Waals surface area contributed by atoms with E-state index >= 15 is 0 Å². The van der Waals surface area contributed by atoms with Crippen molar-refractivity contribution in [1.29, 1.82) is 0 Å². The van der Waals surface area contributed by atoms with Crippen LogP contribution in [0.25, 0.3) is 0 Å². The monoisotopic (exact) mass is 341 g/mol. The molecule has 1 N–H and O–H groups in total. The van der Waals surface area contributed by atoms with Crippen LogP contribution in [0.3, 0.4) is 0 Å². The van der Waals surface area contributed by atoms with Gasteiger partial charge in [0.2, 0.25) is 0 Å². The van der Waals surface area contributed by atoms with E-state index in [4.69, 9.17) is 0 Å². The first-order valence-corrected chi connectivity index (χ1v) is 7.63. The molecule has 0 radical (unpaired) electrons. The number of rotatable bonds is 2. The maximum atomic E-state index is 13.2. The number of carbonyl (C=O) groups is 1. The largest absolute Gasteiger partial charge is 0.336 e. The van der Waals surface area contributed by atoms with E-state index in [1.807, 2.05) is 4.90 Å². The van der Waals surface area contributed by atoms with E-state index in [1.54, 1.807) is 12.1 Å². The summed E-state index contributed by atoms with van der Waals surface area (Å²) in [4.78, 5) is 16.7. The molecule has 0 atom stereocenters. The number of benzene rings is 1. The zero-order valence-electron chi connectivity index (χ0n) is 11.1. The normalized spacial score (nSPS) is 20.8. The van der Waals surface area contributed by atoms with Crippen molar-refractivity contribution in [1.82, 2.24) is 15.1 Å². The lowest BCUT2D eigenvalue weighted by atomic mass is 10.1. The van der Waals surface area contributed by atoms with Crippen molar-refractivity contribution in [2.75, 3.05) is 39.3 Å². The van der Waals surface area contributed by atoms with Crippen molar-refractivity contribution >= 4 is 21.8 Å². The smallest absolute Gasteiger partial charge is 0.253 e. The van der Waals surface area contributed by atoms with Crippen LogP contribution in [0.2, 0.25) is 0 Å². The summed E-state index contributed by atoms with van der Waals surface area (Å²) in [5.74, 6) is -0.360. The Bertz CT molecular complexity index is 513. The van der Waals surface area contributed by atoms with Crippen LogP contribution in [0, 0.1) is 5.82 Å². The van der Waals surface area contributed by atoms with Gasteiger partial charge in [0.15, 0.2) is 0 Å². The van der Waals surface area contributed by atoms with Gasteiger partial charge in [-0.05, 0) is 34.1 Å². The molecule has 3 rings (SSSR count). The standard InChI is InChI=1S/C14H17BrFN3O/c15-12-7-10(1-2-13(12)16)14(20)19-5-3-18(4-6-19)11-8-17-9-11/h1-2,7,11,17H,3-6,8-9H2. The maximum absolute atomic E-state index is 13.2. The first-order valence-electron chi connectivity index (χ1n) is 6.84. The third-order valence-electron chi connectivity index (χ3n) is 4.04. The quantitative estimate of drug-likeness (QED) is 0.881. The van der Waals surface area contributed by atoms with Gasteiger partial charge >= 0.3 is 0 Å². The van der Waals surface area contributed by atoms with Gasteiger partial charge in [-0.3, -0.25) is 9.69 Å². The average molecular weight is 342 g/mol. The average Bonchev–Trinajstić information content (AvgIpc) is 2.40. The Morgan fingerprint density at radius 1 is 1.25 bits per heavy atom. The Hall–Kier alpha value is -0.980. The van der Waals surface area contributed by atoms with E-state index in [9.17, 15) is 9.18 Å². The predicted molar refractivity (Wildman–Crippen MR) is 78.2 cm³/mol. The number of nitrogens with zero attached hydrogens (tertiary/aromatic N) is 2. The van der Waals surface area contributed by atoms with Gasteiger partial charge in [0.05, 0.1) is 4.47 Å².